The van der Waals surface area contributed by atoms with Crippen molar-refractivity contribution in [3.63, 3.8) is 0 Å². The van der Waals surface area contributed by atoms with E-state index in [1.165, 1.54) is 11.8 Å². The molecule has 0 amide bonds. The number of carboxylic acid groups (broad SMARTS) is 1. The summed E-state index contributed by atoms with van der Waals surface area (Å²) in [4.78, 5) is 10.7. The van der Waals surface area contributed by atoms with Gasteiger partial charge in [-0.25, -0.2) is 0 Å². The van der Waals surface area contributed by atoms with E-state index < -0.39 is 5.97 Å². The van der Waals surface area contributed by atoms with E-state index in [9.17, 15) is 4.79 Å². The molecule has 0 aliphatic heterocycles. The molecule has 6 nitrogen and oxygen atoms in total. The van der Waals surface area contributed by atoms with Crippen molar-refractivity contribution in [3.8, 4) is 0 Å². The van der Waals surface area contributed by atoms with Gasteiger partial charge in [0.05, 0.1) is 11.9 Å². The zero-order chi connectivity index (χ0) is 15.2. The Labute approximate surface area is 129 Å². The third kappa shape index (κ3) is 5.32. The first-order valence-corrected chi connectivity index (χ1v) is 8.45. The molecule has 0 bridgehead atoms. The molecule has 7 heteroatoms. The van der Waals surface area contributed by atoms with Crippen molar-refractivity contribution in [2.75, 3.05) is 12.4 Å². The molecule has 118 valence electrons. The van der Waals surface area contributed by atoms with Gasteiger partial charge in [-0.1, -0.05) is 11.8 Å². The van der Waals surface area contributed by atoms with E-state index >= 15 is 0 Å². The largest absolute Gasteiger partial charge is 0.481 e. The molecule has 21 heavy (non-hydrogen) atoms. The Morgan fingerprint density at radius 1 is 1.43 bits per heavy atom. The maximum atomic E-state index is 10.7. The van der Waals surface area contributed by atoms with Crippen LogP contribution in [0.5, 0.6) is 0 Å². The van der Waals surface area contributed by atoms with Gasteiger partial charge in [0.15, 0.2) is 5.16 Å². The lowest BCUT2D eigenvalue weighted by Crippen LogP contribution is -2.09. The van der Waals surface area contributed by atoms with Crippen LogP contribution in [-0.2, 0) is 16.1 Å². The van der Waals surface area contributed by atoms with Crippen LogP contribution < -0.4 is 0 Å². The molecular formula is C14H23N3O3S. The van der Waals surface area contributed by atoms with Crippen LogP contribution in [0.15, 0.2) is 5.16 Å². The summed E-state index contributed by atoms with van der Waals surface area (Å²) < 4.78 is 7.63. The van der Waals surface area contributed by atoms with Gasteiger partial charge in [-0.2, -0.15) is 0 Å². The number of unbranched alkanes of at least 4 members (excludes halogenated alkanes) is 1. The topological polar surface area (TPSA) is 77.2 Å². The molecule has 2 rings (SSSR count). The van der Waals surface area contributed by atoms with Crippen molar-refractivity contribution in [1.29, 1.82) is 0 Å². The molecule has 0 aromatic carbocycles. The van der Waals surface area contributed by atoms with Crippen molar-refractivity contribution in [2.24, 2.45) is 0 Å². The average Bonchev–Trinajstić information content (AvgIpc) is 3.18. The second-order valence-corrected chi connectivity index (χ2v) is 6.52. The lowest BCUT2D eigenvalue weighted by molar-refractivity contribution is -0.133. The highest BCUT2D eigenvalue weighted by Gasteiger charge is 2.30. The fraction of sp³-hybridized carbons (Fsp3) is 0.786. The number of rotatable bonds is 10. The van der Waals surface area contributed by atoms with Crippen LogP contribution >= 0.6 is 11.8 Å². The summed E-state index contributed by atoms with van der Waals surface area (Å²) in [6.45, 7) is 5.66. The number of nitrogens with zero attached hydrogens (tertiary/aromatic N) is 3. The third-order valence-electron chi connectivity index (χ3n) is 3.24. The maximum Gasteiger partial charge on any atom is 0.313 e. The van der Waals surface area contributed by atoms with Crippen LogP contribution in [-0.4, -0.2) is 44.3 Å². The standard InChI is InChI=1S/C14H23N3O3S/c1-10(2)20-8-4-3-7-17-13(11-5-6-11)15-16-14(17)21-9-12(18)19/h10-11H,3-9H2,1-2H3,(H,18,19). The number of thioether (sulfide) groups is 1. The molecule has 0 radical (unpaired) electrons. The van der Waals surface area contributed by atoms with Crippen LogP contribution in [0.25, 0.3) is 0 Å². The molecule has 1 aliphatic rings. The van der Waals surface area contributed by atoms with Crippen molar-refractivity contribution < 1.29 is 14.6 Å². The van der Waals surface area contributed by atoms with E-state index in [1.54, 1.807) is 0 Å². The summed E-state index contributed by atoms with van der Waals surface area (Å²) in [6.07, 6.45) is 4.58. The quantitative estimate of drug-likeness (QED) is 0.528. The van der Waals surface area contributed by atoms with Crippen molar-refractivity contribution in [3.05, 3.63) is 5.82 Å². The molecular weight excluding hydrogens is 290 g/mol. The number of ether oxygens (including phenoxy) is 1. The second-order valence-electron chi connectivity index (χ2n) is 5.58. The van der Waals surface area contributed by atoms with E-state index in [-0.39, 0.29) is 11.9 Å². The fourth-order valence-electron chi connectivity index (χ4n) is 2.08. The van der Waals surface area contributed by atoms with E-state index in [2.05, 4.69) is 14.8 Å². The van der Waals surface area contributed by atoms with Crippen LogP contribution in [0, 0.1) is 0 Å². The Morgan fingerprint density at radius 3 is 2.81 bits per heavy atom. The zero-order valence-electron chi connectivity index (χ0n) is 12.6. The average molecular weight is 313 g/mol. The number of aromatic nitrogens is 3. The molecule has 1 fully saturated rings. The number of carboxylic acids is 1. The molecule has 0 unspecified atom stereocenters. The Bertz CT molecular complexity index is 472. The SMILES string of the molecule is CC(C)OCCCCn1c(SCC(=O)O)nnc1C1CC1. The molecule has 1 N–H and O–H groups in total. The molecule has 0 saturated heterocycles. The number of hydrogen-bond acceptors (Lipinski definition) is 5. The number of carbonyl (C=O) groups is 1. The van der Waals surface area contributed by atoms with Gasteiger partial charge in [-0.15, -0.1) is 10.2 Å². The minimum absolute atomic E-state index is 0.0270. The summed E-state index contributed by atoms with van der Waals surface area (Å²) in [5, 5.41) is 17.9. The predicted molar refractivity (Wildman–Crippen MR) is 80.7 cm³/mol. The first-order valence-electron chi connectivity index (χ1n) is 7.47. The molecule has 1 saturated carbocycles. The van der Waals surface area contributed by atoms with Gasteiger partial charge in [0, 0.05) is 19.1 Å². The van der Waals surface area contributed by atoms with Crippen molar-refractivity contribution in [2.45, 2.75) is 63.3 Å². The van der Waals surface area contributed by atoms with Gasteiger partial charge in [0.25, 0.3) is 0 Å². The minimum atomic E-state index is -0.826. The monoisotopic (exact) mass is 313 g/mol. The van der Waals surface area contributed by atoms with Crippen LogP contribution in [0.2, 0.25) is 0 Å². The van der Waals surface area contributed by atoms with Crippen molar-refractivity contribution in [1.82, 2.24) is 14.8 Å². The number of aliphatic carboxylic acids is 1. The Balaban J connectivity index is 1.88. The van der Waals surface area contributed by atoms with Gasteiger partial charge >= 0.3 is 5.97 Å². The Kier molecular flexibility index (Phi) is 6.05. The summed E-state index contributed by atoms with van der Waals surface area (Å²) in [7, 11) is 0. The minimum Gasteiger partial charge on any atom is -0.481 e. The summed E-state index contributed by atoms with van der Waals surface area (Å²) >= 11 is 1.25. The molecule has 0 spiro atoms. The van der Waals surface area contributed by atoms with Crippen molar-refractivity contribution >= 4 is 17.7 Å². The van der Waals surface area contributed by atoms with E-state index in [0.717, 1.165) is 49.8 Å². The van der Waals surface area contributed by atoms with Crippen LogP contribution in [0.3, 0.4) is 0 Å². The van der Waals surface area contributed by atoms with Gasteiger partial charge in [-0.3, -0.25) is 4.79 Å². The van der Waals surface area contributed by atoms with Crippen LogP contribution in [0.1, 0.15) is 51.3 Å². The Morgan fingerprint density at radius 2 is 2.19 bits per heavy atom. The molecule has 1 aromatic rings. The predicted octanol–water partition coefficient (Wildman–Crippen LogP) is 2.54. The highest BCUT2D eigenvalue weighted by molar-refractivity contribution is 7.99. The second kappa shape index (κ2) is 7.79. The van der Waals surface area contributed by atoms with E-state index in [1.807, 2.05) is 13.8 Å². The first kappa shape index (κ1) is 16.3. The normalized spacial score (nSPS) is 14.8. The zero-order valence-corrected chi connectivity index (χ0v) is 13.4. The van der Waals surface area contributed by atoms with Gasteiger partial charge in [0.2, 0.25) is 0 Å². The molecule has 1 aliphatic carbocycles. The van der Waals surface area contributed by atoms with E-state index in [0.29, 0.717) is 5.92 Å². The van der Waals surface area contributed by atoms with Gasteiger partial charge in [0.1, 0.15) is 5.82 Å². The Hall–Kier alpha value is -1.08. The molecule has 0 atom stereocenters. The fourth-order valence-corrected chi connectivity index (χ4v) is 2.77. The van der Waals surface area contributed by atoms with Crippen LogP contribution in [0.4, 0.5) is 0 Å². The summed E-state index contributed by atoms with van der Waals surface area (Å²) in [6, 6.07) is 0. The highest BCUT2D eigenvalue weighted by Crippen LogP contribution is 2.40. The summed E-state index contributed by atoms with van der Waals surface area (Å²) in [5.74, 6) is 0.739. The first-order chi connectivity index (χ1) is 10.1. The van der Waals surface area contributed by atoms with Gasteiger partial charge in [-0.05, 0) is 39.5 Å². The molecule has 1 heterocycles. The molecule has 1 aromatic heterocycles. The third-order valence-corrected chi connectivity index (χ3v) is 4.19. The van der Waals surface area contributed by atoms with E-state index in [4.69, 9.17) is 9.84 Å². The summed E-state index contributed by atoms with van der Waals surface area (Å²) in [5.41, 5.74) is 0. The lowest BCUT2D eigenvalue weighted by Gasteiger charge is -2.10. The lowest BCUT2D eigenvalue weighted by atomic mass is 10.3. The van der Waals surface area contributed by atoms with Gasteiger partial charge < -0.3 is 14.4 Å². The maximum absolute atomic E-state index is 10.7. The highest BCUT2D eigenvalue weighted by atomic mass is 32.2. The smallest absolute Gasteiger partial charge is 0.313 e. The number of hydrogen-bond donors (Lipinski definition) is 1.